The van der Waals surface area contributed by atoms with Crippen LogP contribution in [0.1, 0.15) is 60.8 Å². The zero-order valence-electron chi connectivity index (χ0n) is 29.6. The monoisotopic (exact) mass is 650 g/mol. The Morgan fingerprint density at radius 1 is 0.787 bits per heavy atom. The maximum Gasteiger partial charge on any atom is 0.311 e. The van der Waals surface area contributed by atoms with Crippen LogP contribution in [0.5, 0.6) is 23.0 Å². The van der Waals surface area contributed by atoms with Gasteiger partial charge in [-0.1, -0.05) is 25.5 Å². The zero-order chi connectivity index (χ0) is 34.1. The Hall–Kier alpha value is -3.49. The topological polar surface area (TPSA) is 81.7 Å². The summed E-state index contributed by atoms with van der Waals surface area (Å²) in [5, 5.41) is 0. The Labute approximate surface area is 281 Å². The number of methoxy groups -OCH3 is 3. The first-order valence-corrected chi connectivity index (χ1v) is 16.7. The molecule has 0 N–H and O–H groups in total. The molecule has 0 spiro atoms. The normalized spacial score (nSPS) is 27.2. The van der Waals surface area contributed by atoms with Gasteiger partial charge in [0.25, 0.3) is 0 Å². The molecule has 7 atom stereocenters. The maximum atomic E-state index is 13.5. The van der Waals surface area contributed by atoms with Crippen LogP contribution in [0.4, 0.5) is 0 Å². The molecule has 4 rings (SSSR count). The maximum absolute atomic E-state index is 13.5. The van der Waals surface area contributed by atoms with Gasteiger partial charge >= 0.3 is 5.97 Å². The molecular formula is C39H54O8. The molecule has 0 amide bonds. The highest BCUT2D eigenvalue weighted by atomic mass is 16.7. The summed E-state index contributed by atoms with van der Waals surface area (Å²) in [6.45, 7) is 12.6. The number of hydrogen-bond acceptors (Lipinski definition) is 8. The first-order chi connectivity index (χ1) is 22.4. The Kier molecular flexibility index (Phi) is 12.8. The van der Waals surface area contributed by atoms with Crippen molar-refractivity contribution >= 4 is 5.97 Å². The van der Waals surface area contributed by atoms with Crippen LogP contribution in [-0.2, 0) is 19.0 Å². The second-order valence-electron chi connectivity index (χ2n) is 14.0. The largest absolute Gasteiger partial charge is 0.497 e. The molecule has 0 radical (unpaired) electrons. The number of carbonyl (C=O) groups is 1. The van der Waals surface area contributed by atoms with Crippen LogP contribution < -0.4 is 18.9 Å². The van der Waals surface area contributed by atoms with E-state index in [9.17, 15) is 4.79 Å². The fourth-order valence-corrected chi connectivity index (χ4v) is 6.61. The van der Waals surface area contributed by atoms with Crippen LogP contribution in [0, 0.1) is 29.1 Å². The fraction of sp³-hybridized carbons (Fsp3) is 0.564. The molecule has 0 unspecified atom stereocenters. The predicted octanol–water partition coefficient (Wildman–Crippen LogP) is 8.05. The van der Waals surface area contributed by atoms with Crippen molar-refractivity contribution in [1.29, 1.82) is 0 Å². The molecule has 2 aromatic carbocycles. The molecule has 0 aliphatic heterocycles. The third kappa shape index (κ3) is 9.77. The van der Waals surface area contributed by atoms with Crippen molar-refractivity contribution in [2.75, 3.05) is 28.1 Å². The van der Waals surface area contributed by atoms with Crippen LogP contribution >= 0.6 is 0 Å². The molecule has 8 heteroatoms. The van der Waals surface area contributed by atoms with Crippen molar-refractivity contribution in [2.24, 2.45) is 29.1 Å². The Morgan fingerprint density at radius 3 is 1.77 bits per heavy atom. The molecule has 0 bridgehead atoms. The molecule has 258 valence electrons. The number of carbonyl (C=O) groups excluding carboxylic acids is 1. The number of hydrogen-bond donors (Lipinski definition) is 0. The Balaban J connectivity index is 1.84. The Morgan fingerprint density at radius 2 is 1.30 bits per heavy atom. The van der Waals surface area contributed by atoms with E-state index >= 15 is 0 Å². The highest BCUT2D eigenvalue weighted by Crippen LogP contribution is 2.45. The molecule has 2 aliphatic rings. The molecule has 0 heterocycles. The van der Waals surface area contributed by atoms with E-state index in [0.29, 0.717) is 36.2 Å². The van der Waals surface area contributed by atoms with E-state index in [2.05, 4.69) is 26.8 Å². The van der Waals surface area contributed by atoms with Gasteiger partial charge in [0.05, 0.1) is 19.6 Å². The van der Waals surface area contributed by atoms with Crippen LogP contribution in [0.2, 0.25) is 0 Å². The van der Waals surface area contributed by atoms with E-state index in [-0.39, 0.29) is 30.7 Å². The lowest BCUT2D eigenvalue weighted by molar-refractivity contribution is -0.164. The van der Waals surface area contributed by atoms with E-state index in [1.165, 1.54) is 5.57 Å². The highest BCUT2D eigenvalue weighted by Gasteiger charge is 2.43. The van der Waals surface area contributed by atoms with E-state index in [4.69, 9.17) is 33.2 Å². The zero-order valence-corrected chi connectivity index (χ0v) is 29.6. The van der Waals surface area contributed by atoms with Crippen molar-refractivity contribution in [3.63, 3.8) is 0 Å². The minimum Gasteiger partial charge on any atom is -0.497 e. The minimum absolute atomic E-state index is 0.131. The van der Waals surface area contributed by atoms with E-state index < -0.39 is 23.7 Å². The van der Waals surface area contributed by atoms with Gasteiger partial charge in [-0.15, -0.1) is 0 Å². The smallest absolute Gasteiger partial charge is 0.311 e. The van der Waals surface area contributed by atoms with Gasteiger partial charge < -0.3 is 33.2 Å². The summed E-state index contributed by atoms with van der Waals surface area (Å²) in [6.07, 6.45) is 6.70. The number of benzene rings is 2. The summed E-state index contributed by atoms with van der Waals surface area (Å²) in [5.74, 6) is 3.73. The van der Waals surface area contributed by atoms with Gasteiger partial charge in [-0.25, -0.2) is 0 Å². The quantitative estimate of drug-likeness (QED) is 0.137. The van der Waals surface area contributed by atoms with Gasteiger partial charge in [0, 0.05) is 7.11 Å². The van der Waals surface area contributed by atoms with Crippen LogP contribution in [0.3, 0.4) is 0 Å². The first-order valence-electron chi connectivity index (χ1n) is 16.7. The molecule has 0 fully saturated rings. The molecule has 8 nitrogen and oxygen atoms in total. The van der Waals surface area contributed by atoms with E-state index in [1.54, 1.807) is 21.3 Å². The molecular weight excluding hydrogens is 596 g/mol. The summed E-state index contributed by atoms with van der Waals surface area (Å²) < 4.78 is 42.4. The fourth-order valence-electron chi connectivity index (χ4n) is 6.61. The molecule has 2 aliphatic carbocycles. The predicted molar refractivity (Wildman–Crippen MR) is 183 cm³/mol. The summed E-state index contributed by atoms with van der Waals surface area (Å²) in [6, 6.07) is 15.0. The Bertz CT molecular complexity index is 1320. The number of allylic oxidation sites excluding steroid dienone is 2. The standard InChI is InChI=1S/C39H54O8/c1-25(2)31-19-10-26(3)32-22-36(44-24-41-7)34(45-29-15-11-27(42-8)12-16-29)20-21-35(46-30-17-13-28(43-9)14-18-30)37(23-33(31)32)47-38(40)39(4,5)6/h10-18,20-21,25,31-37H,19,22-24H2,1-9H3/b21-20-/t31-,32+,33-,34-,35+,36+,37-/m1/s1. The highest BCUT2D eigenvalue weighted by molar-refractivity contribution is 5.75. The second kappa shape index (κ2) is 16.6. The molecule has 0 aromatic heterocycles. The van der Waals surface area contributed by atoms with E-state index in [0.717, 1.165) is 17.9 Å². The van der Waals surface area contributed by atoms with Crippen molar-refractivity contribution in [2.45, 2.75) is 85.2 Å². The van der Waals surface area contributed by atoms with Crippen LogP contribution in [-0.4, -0.2) is 58.5 Å². The summed E-state index contributed by atoms with van der Waals surface area (Å²) in [4.78, 5) is 13.5. The number of esters is 1. The van der Waals surface area contributed by atoms with Gasteiger partial charge in [0.1, 0.15) is 48.1 Å². The minimum atomic E-state index is -0.679. The lowest BCUT2D eigenvalue weighted by Gasteiger charge is -2.44. The average molecular weight is 651 g/mol. The van der Waals surface area contributed by atoms with Crippen LogP contribution in [0.25, 0.3) is 0 Å². The lowest BCUT2D eigenvalue weighted by Crippen LogP contribution is -2.45. The molecule has 2 aromatic rings. The van der Waals surface area contributed by atoms with Crippen molar-refractivity contribution in [1.82, 2.24) is 0 Å². The van der Waals surface area contributed by atoms with E-state index in [1.807, 2.05) is 81.5 Å². The lowest BCUT2D eigenvalue weighted by atomic mass is 9.64. The van der Waals surface area contributed by atoms with Crippen molar-refractivity contribution in [3.8, 4) is 23.0 Å². The first kappa shape index (κ1) is 36.3. The van der Waals surface area contributed by atoms with Crippen molar-refractivity contribution < 1.29 is 38.0 Å². The van der Waals surface area contributed by atoms with Gasteiger partial charge in [-0.3, -0.25) is 4.79 Å². The average Bonchev–Trinajstić information content (AvgIpc) is 3.04. The van der Waals surface area contributed by atoms with Gasteiger partial charge in [0.15, 0.2) is 6.10 Å². The third-order valence-electron chi connectivity index (χ3n) is 9.37. The van der Waals surface area contributed by atoms with Gasteiger partial charge in [-0.2, -0.15) is 0 Å². The molecule has 0 saturated carbocycles. The van der Waals surface area contributed by atoms with Crippen LogP contribution in [0.15, 0.2) is 72.3 Å². The van der Waals surface area contributed by atoms with Gasteiger partial charge in [-0.05, 0) is 131 Å². The second-order valence-corrected chi connectivity index (χ2v) is 14.0. The van der Waals surface area contributed by atoms with Gasteiger partial charge in [0.2, 0.25) is 0 Å². The molecule has 47 heavy (non-hydrogen) atoms. The number of fused-ring (bicyclic) bond motifs is 1. The third-order valence-corrected chi connectivity index (χ3v) is 9.37. The summed E-state index contributed by atoms with van der Waals surface area (Å²) in [5.41, 5.74) is 0.640. The SMILES string of the molecule is COCO[C@H]1C[C@H]2C(C)=CC[C@H](C(C)C)[C@H]2C[C@@H](OC(=O)C(C)(C)C)[C@@H](Oc2ccc(OC)cc2)/C=C\[C@H]1Oc1ccc(OC)cc1. The van der Waals surface area contributed by atoms with Crippen molar-refractivity contribution in [3.05, 3.63) is 72.3 Å². The number of rotatable bonds is 11. The summed E-state index contributed by atoms with van der Waals surface area (Å²) >= 11 is 0. The number of ether oxygens (including phenoxy) is 7. The molecule has 0 saturated heterocycles. The summed E-state index contributed by atoms with van der Waals surface area (Å²) in [7, 11) is 4.90.